The number of benzene rings is 1. The minimum atomic E-state index is -1.26. The average molecular weight is 244 g/mol. The molecule has 0 fully saturated rings. The fourth-order valence-electron chi connectivity index (χ4n) is 1.94. The van der Waals surface area contributed by atoms with Crippen LogP contribution in [-0.4, -0.2) is 30.7 Å². The molecule has 0 aliphatic rings. The Labute approximate surface area is 99.7 Å². The summed E-state index contributed by atoms with van der Waals surface area (Å²) in [4.78, 5) is 29.1. The van der Waals surface area contributed by atoms with E-state index in [-0.39, 0.29) is 5.65 Å². The van der Waals surface area contributed by atoms with Crippen LogP contribution in [0.4, 0.5) is 0 Å². The molecule has 7 nitrogen and oxygen atoms in total. The monoisotopic (exact) mass is 244 g/mol. The average Bonchev–Trinajstić information content (AvgIpc) is 2.74. The number of hydrogen-bond donors (Lipinski definition) is 2. The van der Waals surface area contributed by atoms with Crippen LogP contribution in [0, 0.1) is 6.92 Å². The minimum Gasteiger partial charge on any atom is -0.475 e. The third-order valence-electron chi connectivity index (χ3n) is 2.73. The molecule has 0 spiro atoms. The molecule has 3 aromatic rings. The van der Waals surface area contributed by atoms with Crippen molar-refractivity contribution in [2.45, 2.75) is 6.92 Å². The Morgan fingerprint density at radius 3 is 2.94 bits per heavy atom. The number of fused-ring (bicyclic) bond motifs is 3. The zero-order chi connectivity index (χ0) is 12.9. The van der Waals surface area contributed by atoms with Crippen molar-refractivity contribution in [3.63, 3.8) is 0 Å². The lowest BCUT2D eigenvalue weighted by Crippen LogP contribution is -2.18. The number of nitrogens with zero attached hydrogens (tertiary/aromatic N) is 3. The molecule has 2 heterocycles. The lowest BCUT2D eigenvalue weighted by molar-refractivity contribution is 0.0684. The van der Waals surface area contributed by atoms with E-state index in [1.807, 2.05) is 13.0 Å². The maximum atomic E-state index is 11.8. The highest BCUT2D eigenvalue weighted by atomic mass is 16.4. The zero-order valence-corrected chi connectivity index (χ0v) is 9.34. The molecule has 0 aliphatic heterocycles. The van der Waals surface area contributed by atoms with Gasteiger partial charge in [0.15, 0.2) is 5.65 Å². The standard InChI is InChI=1S/C11H8N4O3/c1-5-3-2-4-6-7(5)9-13-8(10(16)17)14-15(9)11(18)12-6/h2-4H,1H3,(H,12,18)(H,16,17). The topological polar surface area (TPSA) is 100 Å². The number of hydrogen-bond acceptors (Lipinski definition) is 4. The smallest absolute Gasteiger partial charge is 0.375 e. The fraction of sp³-hybridized carbons (Fsp3) is 0.0909. The molecular formula is C11H8N4O3. The SMILES string of the molecule is Cc1cccc2[nH]c(=O)n3nc(C(=O)O)nc3c12. The number of aromatic nitrogens is 4. The highest BCUT2D eigenvalue weighted by molar-refractivity contribution is 5.95. The first kappa shape index (κ1) is 10.5. The van der Waals surface area contributed by atoms with Gasteiger partial charge in [-0.05, 0) is 18.6 Å². The van der Waals surface area contributed by atoms with Gasteiger partial charge in [-0.1, -0.05) is 12.1 Å². The van der Waals surface area contributed by atoms with Crippen LogP contribution in [0.2, 0.25) is 0 Å². The number of rotatable bonds is 1. The molecule has 0 bridgehead atoms. The van der Waals surface area contributed by atoms with E-state index in [4.69, 9.17) is 5.11 Å². The molecule has 18 heavy (non-hydrogen) atoms. The Kier molecular flexibility index (Phi) is 1.97. The molecular weight excluding hydrogens is 236 g/mol. The van der Waals surface area contributed by atoms with E-state index in [0.29, 0.717) is 10.9 Å². The van der Waals surface area contributed by atoms with E-state index in [1.165, 1.54) is 0 Å². The van der Waals surface area contributed by atoms with Gasteiger partial charge in [0.2, 0.25) is 0 Å². The number of H-pyrrole nitrogens is 1. The third kappa shape index (κ3) is 1.30. The summed E-state index contributed by atoms with van der Waals surface area (Å²) in [6, 6.07) is 5.40. The normalized spacial score (nSPS) is 11.2. The van der Waals surface area contributed by atoms with Crippen molar-refractivity contribution in [2.24, 2.45) is 0 Å². The lowest BCUT2D eigenvalue weighted by Gasteiger charge is -2.01. The molecule has 2 aromatic heterocycles. The van der Waals surface area contributed by atoms with Crippen LogP contribution >= 0.6 is 0 Å². The van der Waals surface area contributed by atoms with Crippen LogP contribution in [0.15, 0.2) is 23.0 Å². The van der Waals surface area contributed by atoms with E-state index >= 15 is 0 Å². The number of carboxylic acids is 1. The van der Waals surface area contributed by atoms with E-state index in [2.05, 4.69) is 15.1 Å². The Hall–Kier alpha value is -2.70. The van der Waals surface area contributed by atoms with Crippen molar-refractivity contribution in [2.75, 3.05) is 0 Å². The van der Waals surface area contributed by atoms with Gasteiger partial charge < -0.3 is 10.1 Å². The predicted molar refractivity (Wildman–Crippen MR) is 62.8 cm³/mol. The van der Waals surface area contributed by atoms with Crippen LogP contribution in [0.1, 0.15) is 16.2 Å². The van der Waals surface area contributed by atoms with Crippen LogP contribution in [0.5, 0.6) is 0 Å². The molecule has 90 valence electrons. The number of nitrogens with one attached hydrogen (secondary N) is 1. The first-order valence-electron chi connectivity index (χ1n) is 5.19. The van der Waals surface area contributed by atoms with E-state index in [9.17, 15) is 9.59 Å². The summed E-state index contributed by atoms with van der Waals surface area (Å²) < 4.78 is 0.971. The second-order valence-corrected chi connectivity index (χ2v) is 3.90. The Bertz CT molecular complexity index is 846. The van der Waals surface area contributed by atoms with Crippen molar-refractivity contribution in [1.29, 1.82) is 0 Å². The van der Waals surface area contributed by atoms with E-state index in [0.717, 1.165) is 10.1 Å². The molecule has 0 saturated carbocycles. The summed E-state index contributed by atoms with van der Waals surface area (Å²) in [5.41, 5.74) is 1.24. The highest BCUT2D eigenvalue weighted by Gasteiger charge is 2.15. The number of aryl methyl sites for hydroxylation is 1. The Balaban J connectivity index is 2.60. The lowest BCUT2D eigenvalue weighted by atomic mass is 10.1. The first-order chi connectivity index (χ1) is 8.58. The Morgan fingerprint density at radius 1 is 1.44 bits per heavy atom. The van der Waals surface area contributed by atoms with Gasteiger partial charge in [0.1, 0.15) is 0 Å². The Morgan fingerprint density at radius 2 is 2.22 bits per heavy atom. The van der Waals surface area contributed by atoms with Crippen LogP contribution in [-0.2, 0) is 0 Å². The van der Waals surface area contributed by atoms with Crippen molar-refractivity contribution in [1.82, 2.24) is 19.6 Å². The van der Waals surface area contributed by atoms with Crippen molar-refractivity contribution < 1.29 is 9.90 Å². The van der Waals surface area contributed by atoms with Crippen LogP contribution in [0.3, 0.4) is 0 Å². The van der Waals surface area contributed by atoms with Gasteiger partial charge in [-0.3, -0.25) is 0 Å². The van der Waals surface area contributed by atoms with E-state index < -0.39 is 17.5 Å². The van der Waals surface area contributed by atoms with Crippen molar-refractivity contribution in [3.8, 4) is 0 Å². The van der Waals surface area contributed by atoms with Gasteiger partial charge in [-0.25, -0.2) is 14.6 Å². The van der Waals surface area contributed by atoms with Crippen LogP contribution < -0.4 is 5.69 Å². The summed E-state index contributed by atoms with van der Waals surface area (Å²) in [5, 5.41) is 13.2. The second-order valence-electron chi connectivity index (χ2n) is 3.90. The molecule has 0 amide bonds. The molecule has 7 heteroatoms. The molecule has 2 N–H and O–H groups in total. The fourth-order valence-corrected chi connectivity index (χ4v) is 1.94. The summed E-state index contributed by atoms with van der Waals surface area (Å²) in [6.07, 6.45) is 0. The summed E-state index contributed by atoms with van der Waals surface area (Å²) in [6.45, 7) is 1.86. The predicted octanol–water partition coefficient (Wildman–Crippen LogP) is 0.577. The largest absolute Gasteiger partial charge is 0.475 e. The number of carboxylic acid groups (broad SMARTS) is 1. The molecule has 0 radical (unpaired) electrons. The highest BCUT2D eigenvalue weighted by Crippen LogP contribution is 2.18. The summed E-state index contributed by atoms with van der Waals surface area (Å²) in [7, 11) is 0. The van der Waals surface area contributed by atoms with Gasteiger partial charge in [-0.2, -0.15) is 4.52 Å². The quantitative estimate of drug-likeness (QED) is 0.652. The minimum absolute atomic E-state index is 0.254. The summed E-state index contributed by atoms with van der Waals surface area (Å²) >= 11 is 0. The molecule has 0 unspecified atom stereocenters. The molecule has 1 aromatic carbocycles. The number of aromatic carboxylic acids is 1. The van der Waals surface area contributed by atoms with E-state index in [1.54, 1.807) is 12.1 Å². The number of carbonyl (C=O) groups is 1. The van der Waals surface area contributed by atoms with Gasteiger partial charge in [-0.15, -0.1) is 5.10 Å². The van der Waals surface area contributed by atoms with Gasteiger partial charge in [0, 0.05) is 5.39 Å². The molecule has 0 saturated heterocycles. The van der Waals surface area contributed by atoms with Crippen molar-refractivity contribution in [3.05, 3.63) is 40.1 Å². The molecule has 0 atom stereocenters. The van der Waals surface area contributed by atoms with Crippen LogP contribution in [0.25, 0.3) is 16.6 Å². The zero-order valence-electron chi connectivity index (χ0n) is 9.34. The summed E-state index contributed by atoms with van der Waals surface area (Å²) in [5.74, 6) is -1.66. The second kappa shape index (κ2) is 3.39. The maximum Gasteiger partial charge on any atom is 0.375 e. The van der Waals surface area contributed by atoms with Gasteiger partial charge in [0.05, 0.1) is 5.52 Å². The number of aromatic amines is 1. The molecule has 0 aliphatic carbocycles. The maximum absolute atomic E-state index is 11.8. The molecule has 3 rings (SSSR count). The van der Waals surface area contributed by atoms with Gasteiger partial charge >= 0.3 is 11.7 Å². The van der Waals surface area contributed by atoms with Gasteiger partial charge in [0.25, 0.3) is 5.82 Å². The first-order valence-corrected chi connectivity index (χ1v) is 5.19. The third-order valence-corrected chi connectivity index (χ3v) is 2.73. The van der Waals surface area contributed by atoms with Crippen molar-refractivity contribution >= 4 is 22.5 Å².